The molecule has 1 atom stereocenters. The first kappa shape index (κ1) is 14.6. The van der Waals surface area contributed by atoms with E-state index in [1.807, 2.05) is 13.8 Å². The van der Waals surface area contributed by atoms with Gasteiger partial charge in [-0.3, -0.25) is 25.0 Å². The van der Waals surface area contributed by atoms with E-state index in [0.717, 1.165) is 25.7 Å². The lowest BCUT2D eigenvalue weighted by molar-refractivity contribution is -0.138. The average Bonchev–Trinajstić information content (AvgIpc) is 2.32. The van der Waals surface area contributed by atoms with Crippen LogP contribution in [-0.2, 0) is 14.4 Å². The van der Waals surface area contributed by atoms with Crippen molar-refractivity contribution in [3.8, 4) is 0 Å². The molecule has 1 fully saturated rings. The maximum absolute atomic E-state index is 12.0. The first-order valence-electron chi connectivity index (χ1n) is 6.45. The predicted octanol–water partition coefficient (Wildman–Crippen LogP) is -0.109. The van der Waals surface area contributed by atoms with E-state index in [4.69, 9.17) is 0 Å². The fourth-order valence-corrected chi connectivity index (χ4v) is 2.02. The van der Waals surface area contributed by atoms with Crippen molar-refractivity contribution in [2.45, 2.75) is 45.7 Å². The highest BCUT2D eigenvalue weighted by molar-refractivity contribution is 6.02. The van der Waals surface area contributed by atoms with E-state index in [-0.39, 0.29) is 24.3 Å². The summed E-state index contributed by atoms with van der Waals surface area (Å²) in [6.45, 7) is 4.10. The Hall–Kier alpha value is -1.43. The van der Waals surface area contributed by atoms with Gasteiger partial charge in [0.2, 0.25) is 11.8 Å². The normalized spacial score (nSPS) is 19.8. The summed E-state index contributed by atoms with van der Waals surface area (Å²) in [7, 11) is 0. The largest absolute Gasteiger partial charge is 0.332 e. The van der Waals surface area contributed by atoms with Crippen molar-refractivity contribution in [1.82, 2.24) is 16.0 Å². The Bertz CT molecular complexity index is 325. The highest BCUT2D eigenvalue weighted by atomic mass is 16.2. The van der Waals surface area contributed by atoms with Crippen molar-refractivity contribution in [2.75, 3.05) is 6.54 Å². The molecule has 1 rings (SSSR count). The molecule has 3 N–H and O–H groups in total. The van der Waals surface area contributed by atoms with Crippen LogP contribution in [0.2, 0.25) is 0 Å². The quantitative estimate of drug-likeness (QED) is 0.578. The minimum absolute atomic E-state index is 0.0446. The summed E-state index contributed by atoms with van der Waals surface area (Å²) in [5.74, 6) is -1.05. The molecule has 3 amide bonds. The highest BCUT2D eigenvalue weighted by Crippen LogP contribution is 2.13. The van der Waals surface area contributed by atoms with Gasteiger partial charge in [-0.05, 0) is 12.8 Å². The Balaban J connectivity index is 2.51. The third-order valence-electron chi connectivity index (χ3n) is 2.92. The maximum atomic E-state index is 12.0. The standard InChI is InChI=1S/C12H21N3O3/c1-3-5-8(6-4-2)11(17)15-10-12(18)14-9(16)7-13-10/h8,10,13H,3-7H2,1-2H3,(H,15,17)(H,14,16,18)/t10-/m0/s1. The van der Waals surface area contributed by atoms with E-state index in [9.17, 15) is 14.4 Å². The van der Waals surface area contributed by atoms with Crippen LogP contribution >= 0.6 is 0 Å². The molecule has 102 valence electrons. The smallest absolute Gasteiger partial charge is 0.264 e. The van der Waals surface area contributed by atoms with Crippen molar-refractivity contribution < 1.29 is 14.4 Å². The molecule has 0 spiro atoms. The number of piperazine rings is 1. The molecule has 0 bridgehead atoms. The van der Waals surface area contributed by atoms with Gasteiger partial charge < -0.3 is 5.32 Å². The van der Waals surface area contributed by atoms with E-state index < -0.39 is 12.1 Å². The van der Waals surface area contributed by atoms with Gasteiger partial charge in [0.15, 0.2) is 6.17 Å². The van der Waals surface area contributed by atoms with Crippen molar-refractivity contribution in [3.05, 3.63) is 0 Å². The number of imide groups is 1. The molecule has 0 aliphatic carbocycles. The number of carbonyl (C=O) groups excluding carboxylic acids is 3. The van der Waals surface area contributed by atoms with Crippen LogP contribution in [0.1, 0.15) is 39.5 Å². The van der Waals surface area contributed by atoms with E-state index in [1.165, 1.54) is 0 Å². The van der Waals surface area contributed by atoms with Crippen LogP contribution in [0.15, 0.2) is 0 Å². The fourth-order valence-electron chi connectivity index (χ4n) is 2.02. The van der Waals surface area contributed by atoms with Crippen molar-refractivity contribution >= 4 is 17.7 Å². The van der Waals surface area contributed by atoms with Crippen molar-refractivity contribution in [1.29, 1.82) is 0 Å². The lowest BCUT2D eigenvalue weighted by Crippen LogP contribution is -2.63. The SMILES string of the molecule is CCCC(CCC)C(=O)N[C@@H]1NCC(=O)NC1=O. The molecule has 6 heteroatoms. The summed E-state index contributed by atoms with van der Waals surface area (Å²) >= 11 is 0. The minimum atomic E-state index is -0.800. The van der Waals surface area contributed by atoms with E-state index in [0.29, 0.717) is 0 Å². The van der Waals surface area contributed by atoms with Gasteiger partial charge in [-0.15, -0.1) is 0 Å². The summed E-state index contributed by atoms with van der Waals surface area (Å²) < 4.78 is 0. The van der Waals surface area contributed by atoms with E-state index in [2.05, 4.69) is 16.0 Å². The molecule has 18 heavy (non-hydrogen) atoms. The Morgan fingerprint density at radius 3 is 2.44 bits per heavy atom. The minimum Gasteiger partial charge on any atom is -0.332 e. The van der Waals surface area contributed by atoms with Crippen LogP contribution in [0.25, 0.3) is 0 Å². The molecular weight excluding hydrogens is 234 g/mol. The van der Waals surface area contributed by atoms with Gasteiger partial charge in [-0.2, -0.15) is 0 Å². The molecule has 1 heterocycles. The van der Waals surface area contributed by atoms with Crippen molar-refractivity contribution in [3.63, 3.8) is 0 Å². The number of nitrogens with one attached hydrogen (secondary N) is 3. The lowest BCUT2D eigenvalue weighted by Gasteiger charge is -2.25. The molecule has 0 saturated carbocycles. The van der Waals surface area contributed by atoms with Gasteiger partial charge >= 0.3 is 0 Å². The summed E-state index contributed by atoms with van der Waals surface area (Å²) in [5.41, 5.74) is 0. The number of hydrogen-bond acceptors (Lipinski definition) is 4. The molecule has 6 nitrogen and oxygen atoms in total. The first-order chi connectivity index (χ1) is 8.58. The Morgan fingerprint density at radius 2 is 1.94 bits per heavy atom. The molecule has 1 aliphatic heterocycles. The number of hydrogen-bond donors (Lipinski definition) is 3. The number of amides is 3. The van der Waals surface area contributed by atoms with Crippen LogP contribution in [0.5, 0.6) is 0 Å². The highest BCUT2D eigenvalue weighted by Gasteiger charge is 2.29. The third kappa shape index (κ3) is 4.10. The Morgan fingerprint density at radius 1 is 1.33 bits per heavy atom. The molecule has 1 aliphatic rings. The molecule has 0 radical (unpaired) electrons. The van der Waals surface area contributed by atoms with Crippen molar-refractivity contribution in [2.24, 2.45) is 5.92 Å². The zero-order valence-corrected chi connectivity index (χ0v) is 10.9. The maximum Gasteiger partial charge on any atom is 0.264 e. The summed E-state index contributed by atoms with van der Waals surface area (Å²) in [4.78, 5) is 34.4. The zero-order chi connectivity index (χ0) is 13.5. The molecule has 0 unspecified atom stereocenters. The second kappa shape index (κ2) is 7.10. The molecule has 0 aromatic carbocycles. The fraction of sp³-hybridized carbons (Fsp3) is 0.750. The van der Waals surface area contributed by atoms with E-state index >= 15 is 0 Å². The molecule has 0 aromatic heterocycles. The first-order valence-corrected chi connectivity index (χ1v) is 6.45. The Labute approximate surface area is 107 Å². The summed E-state index contributed by atoms with van der Waals surface area (Å²) in [5, 5.41) is 7.52. The average molecular weight is 255 g/mol. The topological polar surface area (TPSA) is 87.3 Å². The monoisotopic (exact) mass is 255 g/mol. The predicted molar refractivity (Wildman–Crippen MR) is 66.4 cm³/mol. The van der Waals surface area contributed by atoms with Gasteiger partial charge in [0.05, 0.1) is 6.54 Å². The van der Waals surface area contributed by atoms with Crippen LogP contribution < -0.4 is 16.0 Å². The van der Waals surface area contributed by atoms with Gasteiger partial charge in [-0.1, -0.05) is 26.7 Å². The van der Waals surface area contributed by atoms with Gasteiger partial charge in [0, 0.05) is 5.92 Å². The number of carbonyl (C=O) groups is 3. The van der Waals surface area contributed by atoms with Gasteiger partial charge in [-0.25, -0.2) is 0 Å². The summed E-state index contributed by atoms with van der Waals surface area (Å²) in [6, 6.07) is 0. The number of rotatable bonds is 6. The third-order valence-corrected chi connectivity index (χ3v) is 2.92. The van der Waals surface area contributed by atoms with Gasteiger partial charge in [0.1, 0.15) is 0 Å². The van der Waals surface area contributed by atoms with E-state index in [1.54, 1.807) is 0 Å². The molecular formula is C12H21N3O3. The summed E-state index contributed by atoms with van der Waals surface area (Å²) in [6.07, 6.45) is 2.69. The molecule has 1 saturated heterocycles. The van der Waals surface area contributed by atoms with Crippen LogP contribution in [-0.4, -0.2) is 30.4 Å². The second-order valence-electron chi connectivity index (χ2n) is 4.51. The second-order valence-corrected chi connectivity index (χ2v) is 4.51. The van der Waals surface area contributed by atoms with Crippen LogP contribution in [0.3, 0.4) is 0 Å². The van der Waals surface area contributed by atoms with Crippen LogP contribution in [0.4, 0.5) is 0 Å². The van der Waals surface area contributed by atoms with Crippen LogP contribution in [0, 0.1) is 5.92 Å². The zero-order valence-electron chi connectivity index (χ0n) is 10.9. The molecule has 0 aromatic rings. The van der Waals surface area contributed by atoms with Gasteiger partial charge in [0.25, 0.3) is 5.91 Å². The lowest BCUT2D eigenvalue weighted by atomic mass is 9.97. The Kier molecular flexibility index (Phi) is 5.77.